The van der Waals surface area contributed by atoms with Crippen LogP contribution in [0.25, 0.3) is 10.9 Å². The van der Waals surface area contributed by atoms with E-state index in [-0.39, 0.29) is 23.9 Å². The smallest absolute Gasteiger partial charge is 0.283 e. The molecule has 0 bridgehead atoms. The average molecular weight is 393 g/mol. The molecule has 1 aliphatic heterocycles. The molecule has 1 unspecified atom stereocenters. The number of aliphatic imine (C=N–C) groups is 1. The lowest BCUT2D eigenvalue weighted by atomic mass is 9.86. The van der Waals surface area contributed by atoms with Gasteiger partial charge in [0.2, 0.25) is 0 Å². The molecule has 3 atom stereocenters. The van der Waals surface area contributed by atoms with Crippen LogP contribution in [0.15, 0.2) is 47.7 Å². The number of hydrogen-bond donors (Lipinski definition) is 2. The maximum Gasteiger partial charge on any atom is 0.283 e. The van der Waals surface area contributed by atoms with Gasteiger partial charge in [0, 0.05) is 28.8 Å². The van der Waals surface area contributed by atoms with Gasteiger partial charge in [0.05, 0.1) is 18.8 Å². The molecule has 7 nitrogen and oxygen atoms in total. The molecule has 8 heteroatoms. The summed E-state index contributed by atoms with van der Waals surface area (Å²) in [5.41, 5.74) is 6.94. The van der Waals surface area contributed by atoms with Crippen molar-refractivity contribution in [3.63, 3.8) is 0 Å². The molecule has 29 heavy (non-hydrogen) atoms. The third kappa shape index (κ3) is 2.91. The molecule has 0 spiro atoms. The van der Waals surface area contributed by atoms with Gasteiger partial charge in [0.1, 0.15) is 23.2 Å². The Balaban J connectivity index is 1.53. The van der Waals surface area contributed by atoms with Crippen molar-refractivity contribution < 1.29 is 13.9 Å². The van der Waals surface area contributed by atoms with Gasteiger partial charge in [0.25, 0.3) is 6.02 Å². The van der Waals surface area contributed by atoms with Crippen molar-refractivity contribution in [3.05, 3.63) is 54.1 Å². The number of halogens is 1. The number of nitrogens with two attached hydrogens (primary N) is 1. The molecule has 3 heterocycles. The lowest BCUT2D eigenvalue weighted by Crippen LogP contribution is -2.35. The summed E-state index contributed by atoms with van der Waals surface area (Å²) >= 11 is 0. The highest BCUT2D eigenvalue weighted by Gasteiger charge is 2.57. The first-order valence-electron chi connectivity index (χ1n) is 9.36. The molecule has 0 amide bonds. The van der Waals surface area contributed by atoms with Crippen LogP contribution in [0, 0.1) is 11.7 Å². The maximum absolute atomic E-state index is 14.8. The predicted octanol–water partition coefficient (Wildman–Crippen LogP) is 3.47. The van der Waals surface area contributed by atoms with Gasteiger partial charge in [-0.05, 0) is 43.7 Å². The SMILES string of the molecule is COc1cnc2c(Nc3ccc(F)c([C@]4(C)N=C(N)O[C@@H]5CC54)c3)nccc2c1. The van der Waals surface area contributed by atoms with E-state index in [0.717, 1.165) is 11.8 Å². The highest BCUT2D eigenvalue weighted by molar-refractivity contribution is 5.90. The Morgan fingerprint density at radius 2 is 2.14 bits per heavy atom. The van der Waals surface area contributed by atoms with Crippen LogP contribution in [0.2, 0.25) is 0 Å². The second-order valence-electron chi connectivity index (χ2n) is 7.52. The largest absolute Gasteiger partial charge is 0.495 e. The molecule has 2 aromatic heterocycles. The predicted molar refractivity (Wildman–Crippen MR) is 108 cm³/mol. The number of rotatable bonds is 4. The van der Waals surface area contributed by atoms with Crippen LogP contribution >= 0.6 is 0 Å². The number of hydrogen-bond acceptors (Lipinski definition) is 7. The Hall–Kier alpha value is -3.42. The number of aromatic nitrogens is 2. The summed E-state index contributed by atoms with van der Waals surface area (Å²) in [6.45, 7) is 1.90. The van der Waals surface area contributed by atoms with Gasteiger partial charge in [-0.15, -0.1) is 0 Å². The lowest BCUT2D eigenvalue weighted by Gasteiger charge is -2.30. The van der Waals surface area contributed by atoms with Crippen LogP contribution in [0.4, 0.5) is 15.9 Å². The van der Waals surface area contributed by atoms with Crippen LogP contribution in [-0.4, -0.2) is 29.2 Å². The molecule has 2 aliphatic rings. The third-order valence-corrected chi connectivity index (χ3v) is 5.65. The molecule has 1 aliphatic carbocycles. The zero-order chi connectivity index (χ0) is 20.2. The van der Waals surface area contributed by atoms with Gasteiger partial charge in [0.15, 0.2) is 5.82 Å². The van der Waals surface area contributed by atoms with E-state index in [0.29, 0.717) is 28.3 Å². The number of benzene rings is 1. The number of ether oxygens (including phenoxy) is 2. The molecule has 3 aromatic rings. The quantitative estimate of drug-likeness (QED) is 0.705. The summed E-state index contributed by atoms with van der Waals surface area (Å²) in [5.74, 6) is 1.04. The third-order valence-electron chi connectivity index (χ3n) is 5.65. The van der Waals surface area contributed by atoms with E-state index < -0.39 is 5.54 Å². The van der Waals surface area contributed by atoms with E-state index in [1.165, 1.54) is 6.07 Å². The maximum atomic E-state index is 14.8. The second-order valence-corrected chi connectivity index (χ2v) is 7.52. The first kappa shape index (κ1) is 17.7. The molecule has 3 N–H and O–H groups in total. The van der Waals surface area contributed by atoms with Gasteiger partial charge < -0.3 is 20.5 Å². The zero-order valence-electron chi connectivity index (χ0n) is 16.0. The molecular formula is C21H20FN5O2. The fourth-order valence-corrected chi connectivity index (χ4v) is 4.02. The second kappa shape index (κ2) is 6.30. The monoisotopic (exact) mass is 393 g/mol. The molecule has 0 radical (unpaired) electrons. The van der Waals surface area contributed by atoms with Gasteiger partial charge in [-0.2, -0.15) is 0 Å². The van der Waals surface area contributed by atoms with E-state index in [1.807, 2.05) is 19.1 Å². The van der Waals surface area contributed by atoms with Crippen molar-refractivity contribution in [2.75, 3.05) is 12.4 Å². The summed E-state index contributed by atoms with van der Waals surface area (Å²) in [5, 5.41) is 4.14. The number of pyridine rings is 2. The molecule has 1 fully saturated rings. The van der Waals surface area contributed by atoms with Crippen molar-refractivity contribution in [1.82, 2.24) is 9.97 Å². The first-order valence-corrected chi connectivity index (χ1v) is 9.36. The van der Waals surface area contributed by atoms with E-state index in [1.54, 1.807) is 31.6 Å². The van der Waals surface area contributed by atoms with E-state index in [2.05, 4.69) is 20.3 Å². The van der Waals surface area contributed by atoms with Crippen LogP contribution < -0.4 is 15.8 Å². The lowest BCUT2D eigenvalue weighted by molar-refractivity contribution is 0.202. The highest BCUT2D eigenvalue weighted by Crippen LogP contribution is 2.53. The van der Waals surface area contributed by atoms with Crippen LogP contribution in [0.5, 0.6) is 5.75 Å². The summed E-state index contributed by atoms with van der Waals surface area (Å²) < 4.78 is 25.5. The molecule has 1 saturated carbocycles. The van der Waals surface area contributed by atoms with Gasteiger partial charge in [-0.25, -0.2) is 19.4 Å². The number of amidine groups is 1. The Labute approximate surface area is 166 Å². The number of fused-ring (bicyclic) bond motifs is 2. The van der Waals surface area contributed by atoms with Gasteiger partial charge in [-0.3, -0.25) is 0 Å². The Morgan fingerprint density at radius 1 is 1.28 bits per heavy atom. The number of nitrogens with one attached hydrogen (secondary N) is 1. The van der Waals surface area contributed by atoms with Crippen molar-refractivity contribution in [2.24, 2.45) is 16.6 Å². The molecule has 148 valence electrons. The van der Waals surface area contributed by atoms with Gasteiger partial charge in [-0.1, -0.05) is 0 Å². The minimum Gasteiger partial charge on any atom is -0.495 e. The summed E-state index contributed by atoms with van der Waals surface area (Å²) in [4.78, 5) is 13.3. The van der Waals surface area contributed by atoms with Crippen LogP contribution in [-0.2, 0) is 10.3 Å². The van der Waals surface area contributed by atoms with Crippen molar-refractivity contribution in [1.29, 1.82) is 0 Å². The van der Waals surface area contributed by atoms with E-state index in [4.69, 9.17) is 15.2 Å². The highest BCUT2D eigenvalue weighted by atomic mass is 19.1. The molecular weight excluding hydrogens is 373 g/mol. The van der Waals surface area contributed by atoms with Crippen molar-refractivity contribution >= 4 is 28.4 Å². The normalized spacial score (nSPS) is 25.0. The van der Waals surface area contributed by atoms with Crippen molar-refractivity contribution in [2.45, 2.75) is 25.0 Å². The van der Waals surface area contributed by atoms with Gasteiger partial charge >= 0.3 is 0 Å². The molecule has 5 rings (SSSR count). The number of anilines is 2. The Bertz CT molecular complexity index is 1150. The van der Waals surface area contributed by atoms with E-state index in [9.17, 15) is 4.39 Å². The van der Waals surface area contributed by atoms with Crippen LogP contribution in [0.1, 0.15) is 18.9 Å². The van der Waals surface area contributed by atoms with Crippen LogP contribution in [0.3, 0.4) is 0 Å². The molecule has 0 saturated heterocycles. The average Bonchev–Trinajstić information content (AvgIpc) is 3.49. The Kier molecular flexibility index (Phi) is 3.84. The zero-order valence-corrected chi connectivity index (χ0v) is 16.0. The standard InChI is InChI=1S/C21H20FN5O2/c1-21(15-9-17(15)29-20(23)27-21)14-8-12(3-4-16(14)22)26-19-18-11(5-6-24-19)7-13(28-2)10-25-18/h3-8,10,15,17H,9H2,1-2H3,(H2,23,27)(H,24,26)/t15?,17-,21+/m1/s1. The molecule has 1 aromatic carbocycles. The number of nitrogens with zero attached hydrogens (tertiary/aromatic N) is 3. The first-order chi connectivity index (χ1) is 14.0. The summed E-state index contributed by atoms with van der Waals surface area (Å²) in [6.07, 6.45) is 4.15. The summed E-state index contributed by atoms with van der Waals surface area (Å²) in [7, 11) is 1.60. The minimum atomic E-state index is -0.757. The summed E-state index contributed by atoms with van der Waals surface area (Å²) in [6, 6.07) is 8.72. The fourth-order valence-electron chi connectivity index (χ4n) is 4.02. The minimum absolute atomic E-state index is 0.00688. The van der Waals surface area contributed by atoms with E-state index >= 15 is 0 Å². The topological polar surface area (TPSA) is 94.7 Å². The number of methoxy groups -OCH3 is 1. The van der Waals surface area contributed by atoms with Crippen molar-refractivity contribution in [3.8, 4) is 5.75 Å². The fraction of sp³-hybridized carbons (Fsp3) is 0.286. The Morgan fingerprint density at radius 3 is 2.97 bits per heavy atom.